The van der Waals surface area contributed by atoms with E-state index in [1.165, 1.54) is 7.11 Å². The molecule has 0 aliphatic carbocycles. The number of nitrogens with one attached hydrogen (secondary N) is 2. The highest BCUT2D eigenvalue weighted by molar-refractivity contribution is 9.10. The second kappa shape index (κ2) is 8.11. The van der Waals surface area contributed by atoms with Crippen molar-refractivity contribution in [2.24, 2.45) is 5.10 Å². The molecule has 0 radical (unpaired) electrons. The summed E-state index contributed by atoms with van der Waals surface area (Å²) in [4.78, 5) is 22.0. The molecule has 0 saturated carbocycles. The summed E-state index contributed by atoms with van der Waals surface area (Å²) in [5, 5.41) is 26.9. The highest BCUT2D eigenvalue weighted by atomic mass is 79.9. The van der Waals surface area contributed by atoms with E-state index in [0.717, 1.165) is 18.3 Å². The molecule has 3 N–H and O–H groups in total. The molecular formula is C15H13BrN4O5. The van der Waals surface area contributed by atoms with Gasteiger partial charge in [0.05, 0.1) is 28.4 Å². The van der Waals surface area contributed by atoms with Gasteiger partial charge in [0.25, 0.3) is 5.69 Å². The normalized spacial score (nSPS) is 10.5. The standard InChI is InChI=1S/C15H13BrN4O5/c1-25-13-5-3-2-4-12(13)18-15(22)19-17-8-9-6-10(20(23)24)7-11(16)14(9)21/h2-8,21H,1H3,(H2,18,19,22)/b17-8+. The van der Waals surface area contributed by atoms with Crippen LogP contribution < -0.4 is 15.5 Å². The van der Waals surface area contributed by atoms with E-state index >= 15 is 0 Å². The molecule has 9 nitrogen and oxygen atoms in total. The number of aromatic hydroxyl groups is 1. The van der Waals surface area contributed by atoms with E-state index in [0.29, 0.717) is 11.4 Å². The number of non-ortho nitro benzene ring substituents is 1. The second-order valence-electron chi connectivity index (χ2n) is 4.65. The number of carbonyl (C=O) groups is 1. The summed E-state index contributed by atoms with van der Waals surface area (Å²) < 4.78 is 5.24. The zero-order valence-corrected chi connectivity index (χ0v) is 14.5. The van der Waals surface area contributed by atoms with Crippen LogP contribution in [0.2, 0.25) is 0 Å². The number of nitro groups is 1. The molecule has 25 heavy (non-hydrogen) atoms. The molecule has 130 valence electrons. The average molecular weight is 409 g/mol. The molecule has 2 aromatic carbocycles. The fourth-order valence-electron chi connectivity index (χ4n) is 1.87. The van der Waals surface area contributed by atoms with Crippen LogP contribution in [-0.2, 0) is 0 Å². The number of phenolic OH excluding ortho intramolecular Hbond substituents is 1. The number of amides is 2. The summed E-state index contributed by atoms with van der Waals surface area (Å²) in [5.74, 6) is 0.239. The van der Waals surface area contributed by atoms with Crippen LogP contribution in [0.25, 0.3) is 0 Å². The first-order valence-electron chi connectivity index (χ1n) is 6.82. The molecule has 0 aromatic heterocycles. The summed E-state index contributed by atoms with van der Waals surface area (Å²) in [5.41, 5.74) is 2.47. The Kier molecular flexibility index (Phi) is 5.90. The predicted octanol–water partition coefficient (Wildman–Crippen LogP) is 3.23. The number of benzene rings is 2. The van der Waals surface area contributed by atoms with Gasteiger partial charge in [-0.25, -0.2) is 10.2 Å². The maximum atomic E-state index is 11.8. The lowest BCUT2D eigenvalue weighted by Gasteiger charge is -2.08. The van der Waals surface area contributed by atoms with Crippen molar-refractivity contribution in [1.82, 2.24) is 5.43 Å². The molecule has 0 aliphatic rings. The van der Waals surface area contributed by atoms with Gasteiger partial charge in [0, 0.05) is 17.7 Å². The van der Waals surface area contributed by atoms with E-state index in [1.54, 1.807) is 24.3 Å². The Hall–Kier alpha value is -3.14. The first-order chi connectivity index (χ1) is 11.9. The molecule has 0 fully saturated rings. The second-order valence-corrected chi connectivity index (χ2v) is 5.50. The molecule has 2 amide bonds. The van der Waals surface area contributed by atoms with Gasteiger partial charge in [0.15, 0.2) is 0 Å². The molecule has 2 rings (SSSR count). The van der Waals surface area contributed by atoms with E-state index in [2.05, 4.69) is 31.8 Å². The maximum Gasteiger partial charge on any atom is 0.339 e. The van der Waals surface area contributed by atoms with Gasteiger partial charge in [-0.15, -0.1) is 0 Å². The number of hydrogen-bond donors (Lipinski definition) is 3. The third kappa shape index (κ3) is 4.67. The van der Waals surface area contributed by atoms with Crippen molar-refractivity contribution in [3.05, 3.63) is 56.5 Å². The number of nitrogens with zero attached hydrogens (tertiary/aromatic N) is 2. The average Bonchev–Trinajstić information content (AvgIpc) is 2.58. The number of hydrazone groups is 1. The number of phenols is 1. The van der Waals surface area contributed by atoms with E-state index in [4.69, 9.17) is 4.74 Å². The summed E-state index contributed by atoms with van der Waals surface area (Å²) in [6.45, 7) is 0. The summed E-state index contributed by atoms with van der Waals surface area (Å²) in [7, 11) is 1.47. The van der Waals surface area contributed by atoms with E-state index in [9.17, 15) is 20.0 Å². The van der Waals surface area contributed by atoms with Gasteiger partial charge < -0.3 is 15.2 Å². The molecule has 10 heteroatoms. The first-order valence-corrected chi connectivity index (χ1v) is 7.61. The van der Waals surface area contributed by atoms with Crippen LogP contribution in [0.5, 0.6) is 11.5 Å². The molecule has 0 atom stereocenters. The summed E-state index contributed by atoms with van der Waals surface area (Å²) in [6.07, 6.45) is 1.09. The van der Waals surface area contributed by atoms with Crippen LogP contribution in [0.15, 0.2) is 46.0 Å². The molecule has 2 aromatic rings. The van der Waals surface area contributed by atoms with Crippen molar-refractivity contribution in [1.29, 1.82) is 0 Å². The number of nitro benzene ring substituents is 1. The highest BCUT2D eigenvalue weighted by Crippen LogP contribution is 2.31. The lowest BCUT2D eigenvalue weighted by Crippen LogP contribution is -2.24. The van der Waals surface area contributed by atoms with Gasteiger partial charge in [-0.05, 0) is 28.1 Å². The van der Waals surface area contributed by atoms with Gasteiger partial charge in [0.2, 0.25) is 0 Å². The molecule has 0 saturated heterocycles. The largest absolute Gasteiger partial charge is 0.506 e. The van der Waals surface area contributed by atoms with Crippen molar-refractivity contribution < 1.29 is 19.6 Å². The molecule has 0 spiro atoms. The van der Waals surface area contributed by atoms with Crippen LogP contribution in [0.3, 0.4) is 0 Å². The van der Waals surface area contributed by atoms with Gasteiger partial charge in [-0.1, -0.05) is 12.1 Å². The zero-order chi connectivity index (χ0) is 18.4. The number of halogens is 1. The summed E-state index contributed by atoms with van der Waals surface area (Å²) >= 11 is 3.02. The number of carbonyl (C=O) groups excluding carboxylic acids is 1. The van der Waals surface area contributed by atoms with Crippen molar-refractivity contribution in [3.8, 4) is 11.5 Å². The fourth-order valence-corrected chi connectivity index (χ4v) is 2.33. The number of anilines is 1. The third-order valence-corrected chi connectivity index (χ3v) is 3.62. The fraction of sp³-hybridized carbons (Fsp3) is 0.0667. The Labute approximate surface area is 150 Å². The number of methoxy groups -OCH3 is 1. The minimum Gasteiger partial charge on any atom is -0.506 e. The topological polar surface area (TPSA) is 126 Å². The Morgan fingerprint density at radius 1 is 1.40 bits per heavy atom. The third-order valence-electron chi connectivity index (χ3n) is 3.01. The monoisotopic (exact) mass is 408 g/mol. The highest BCUT2D eigenvalue weighted by Gasteiger charge is 2.13. The molecule has 0 aliphatic heterocycles. The number of ether oxygens (including phenoxy) is 1. The van der Waals surface area contributed by atoms with Gasteiger partial charge in [-0.2, -0.15) is 5.10 Å². The zero-order valence-electron chi connectivity index (χ0n) is 12.9. The Bertz CT molecular complexity index is 841. The minimum absolute atomic E-state index is 0.0682. The van der Waals surface area contributed by atoms with E-state index in [-0.39, 0.29) is 21.5 Å². The molecule has 0 bridgehead atoms. The SMILES string of the molecule is COc1ccccc1NC(=O)N/N=C/c1cc([N+](=O)[O-])cc(Br)c1O. The molecule has 0 unspecified atom stereocenters. The van der Waals surface area contributed by atoms with Gasteiger partial charge in [-0.3, -0.25) is 10.1 Å². The van der Waals surface area contributed by atoms with Crippen LogP contribution >= 0.6 is 15.9 Å². The Balaban J connectivity index is 2.08. The lowest BCUT2D eigenvalue weighted by molar-refractivity contribution is -0.385. The number of rotatable bonds is 5. The van der Waals surface area contributed by atoms with Crippen molar-refractivity contribution >= 4 is 39.6 Å². The minimum atomic E-state index is -0.648. The van der Waals surface area contributed by atoms with Crippen molar-refractivity contribution in [2.75, 3.05) is 12.4 Å². The molecular weight excluding hydrogens is 396 g/mol. The van der Waals surface area contributed by atoms with Crippen LogP contribution in [0, 0.1) is 10.1 Å². The van der Waals surface area contributed by atoms with Crippen molar-refractivity contribution in [3.63, 3.8) is 0 Å². The number of para-hydroxylation sites is 2. The number of urea groups is 1. The van der Waals surface area contributed by atoms with Crippen LogP contribution in [0.4, 0.5) is 16.2 Å². The van der Waals surface area contributed by atoms with E-state index in [1.807, 2.05) is 0 Å². The lowest BCUT2D eigenvalue weighted by atomic mass is 10.2. The smallest absolute Gasteiger partial charge is 0.339 e. The van der Waals surface area contributed by atoms with E-state index < -0.39 is 11.0 Å². The summed E-state index contributed by atoms with van der Waals surface area (Å²) in [6, 6.07) is 8.44. The maximum absolute atomic E-state index is 11.8. The first kappa shape index (κ1) is 18.2. The van der Waals surface area contributed by atoms with Crippen molar-refractivity contribution in [2.45, 2.75) is 0 Å². The molecule has 0 heterocycles. The van der Waals surface area contributed by atoms with Crippen LogP contribution in [-0.4, -0.2) is 29.4 Å². The Morgan fingerprint density at radius 3 is 2.80 bits per heavy atom. The van der Waals surface area contributed by atoms with Crippen LogP contribution in [0.1, 0.15) is 5.56 Å². The Morgan fingerprint density at radius 2 is 2.12 bits per heavy atom. The predicted molar refractivity (Wildman–Crippen MR) is 95.2 cm³/mol. The number of hydrogen-bond acceptors (Lipinski definition) is 6. The van der Waals surface area contributed by atoms with Gasteiger partial charge in [0.1, 0.15) is 11.5 Å². The quantitative estimate of drug-likeness (QED) is 0.397. The van der Waals surface area contributed by atoms with Gasteiger partial charge >= 0.3 is 6.03 Å².